The minimum atomic E-state index is -3.56. The monoisotopic (exact) mass is 423 g/mol. The number of hydrogen-bond donors (Lipinski definition) is 1. The molecule has 1 N–H and O–H groups in total. The van der Waals surface area contributed by atoms with Gasteiger partial charge in [-0.05, 0) is 52.5 Å². The molecule has 0 amide bonds. The molecule has 7 heteroatoms. The number of nitrogens with one attached hydrogen (secondary N) is 1. The largest absolute Gasteiger partial charge is 0.242 e. The zero-order chi connectivity index (χ0) is 14.0. The molecule has 1 aromatic carbocycles. The molecule has 0 saturated carbocycles. The summed E-state index contributed by atoms with van der Waals surface area (Å²) in [5.41, 5.74) is 0. The van der Waals surface area contributed by atoms with Gasteiger partial charge in [0.15, 0.2) is 0 Å². The predicted octanol–water partition coefficient (Wildman–Crippen LogP) is 4.31. The molecule has 0 saturated heterocycles. The molecular formula is C12H11Br2NO2S2. The molecule has 0 spiro atoms. The van der Waals surface area contributed by atoms with Crippen molar-refractivity contribution >= 4 is 53.2 Å². The van der Waals surface area contributed by atoms with Gasteiger partial charge in [-0.15, -0.1) is 11.3 Å². The van der Waals surface area contributed by atoms with E-state index in [0.29, 0.717) is 4.47 Å². The second-order valence-corrected chi connectivity index (χ2v) is 8.36. The summed E-state index contributed by atoms with van der Waals surface area (Å²) in [6, 6.07) is 8.62. The van der Waals surface area contributed by atoms with Crippen molar-refractivity contribution in [1.29, 1.82) is 0 Å². The number of halogens is 2. The molecule has 2 rings (SSSR count). The van der Waals surface area contributed by atoms with Crippen LogP contribution < -0.4 is 4.72 Å². The molecule has 1 aromatic heterocycles. The van der Waals surface area contributed by atoms with E-state index < -0.39 is 10.0 Å². The Morgan fingerprint density at radius 2 is 2.00 bits per heavy atom. The highest BCUT2D eigenvalue weighted by molar-refractivity contribution is 9.11. The highest BCUT2D eigenvalue weighted by atomic mass is 79.9. The van der Waals surface area contributed by atoms with Crippen molar-refractivity contribution in [3.63, 3.8) is 0 Å². The van der Waals surface area contributed by atoms with Crippen LogP contribution in [-0.4, -0.2) is 8.42 Å². The van der Waals surface area contributed by atoms with E-state index in [0.717, 1.165) is 9.35 Å². The van der Waals surface area contributed by atoms with Crippen molar-refractivity contribution in [2.75, 3.05) is 0 Å². The summed E-state index contributed by atoms with van der Waals surface area (Å²) < 4.78 is 28.6. The Labute approximate surface area is 133 Å². The van der Waals surface area contributed by atoms with E-state index >= 15 is 0 Å². The van der Waals surface area contributed by atoms with Gasteiger partial charge in [-0.2, -0.15) is 0 Å². The quantitative estimate of drug-likeness (QED) is 0.794. The summed E-state index contributed by atoms with van der Waals surface area (Å²) in [4.78, 5) is 1.21. The average molecular weight is 425 g/mol. The predicted molar refractivity (Wildman–Crippen MR) is 84.9 cm³/mol. The molecule has 0 fully saturated rings. The molecule has 1 unspecified atom stereocenters. The maximum Gasteiger partial charge on any atom is 0.242 e. The third-order valence-electron chi connectivity index (χ3n) is 2.48. The Morgan fingerprint density at radius 3 is 2.63 bits per heavy atom. The molecule has 0 aliphatic rings. The molecule has 0 aliphatic heterocycles. The number of hydrogen-bond acceptors (Lipinski definition) is 3. The molecule has 1 atom stereocenters. The van der Waals surface area contributed by atoms with Crippen molar-refractivity contribution in [3.8, 4) is 0 Å². The van der Waals surface area contributed by atoms with Crippen LogP contribution in [0.2, 0.25) is 0 Å². The van der Waals surface area contributed by atoms with E-state index in [1.54, 1.807) is 18.2 Å². The third-order valence-corrected chi connectivity index (χ3v) is 6.57. The van der Waals surface area contributed by atoms with Crippen LogP contribution in [-0.2, 0) is 10.0 Å². The van der Waals surface area contributed by atoms with Crippen molar-refractivity contribution in [3.05, 3.63) is 49.5 Å². The molecule has 2 aromatic rings. The van der Waals surface area contributed by atoms with Crippen molar-refractivity contribution in [2.45, 2.75) is 17.9 Å². The first-order valence-corrected chi connectivity index (χ1v) is 9.36. The minimum Gasteiger partial charge on any atom is -0.207 e. The summed E-state index contributed by atoms with van der Waals surface area (Å²) in [5.74, 6) is 0. The maximum absolute atomic E-state index is 12.4. The van der Waals surface area contributed by atoms with E-state index in [9.17, 15) is 8.42 Å². The first-order chi connectivity index (χ1) is 8.90. The van der Waals surface area contributed by atoms with Gasteiger partial charge < -0.3 is 0 Å². The van der Waals surface area contributed by atoms with E-state index in [4.69, 9.17) is 0 Å². The second kappa shape index (κ2) is 6.05. The Hall–Kier alpha value is -0.210. The molecule has 102 valence electrons. The zero-order valence-corrected chi connectivity index (χ0v) is 14.7. The van der Waals surface area contributed by atoms with Crippen LogP contribution in [0.25, 0.3) is 0 Å². The van der Waals surface area contributed by atoms with Crippen molar-refractivity contribution in [2.24, 2.45) is 0 Å². The summed E-state index contributed by atoms with van der Waals surface area (Å²) in [6.45, 7) is 1.83. The zero-order valence-electron chi connectivity index (χ0n) is 9.93. The molecule has 0 radical (unpaired) electrons. The van der Waals surface area contributed by atoms with Crippen LogP contribution in [0, 0.1) is 0 Å². The van der Waals surface area contributed by atoms with Crippen LogP contribution >= 0.6 is 43.2 Å². The number of thiophene rings is 1. The van der Waals surface area contributed by atoms with Gasteiger partial charge in [-0.3, -0.25) is 0 Å². The van der Waals surface area contributed by atoms with Gasteiger partial charge in [0.25, 0.3) is 0 Å². The van der Waals surface area contributed by atoms with Crippen LogP contribution in [0.4, 0.5) is 0 Å². The first kappa shape index (κ1) is 15.2. The van der Waals surface area contributed by atoms with Crippen LogP contribution in [0.3, 0.4) is 0 Å². The first-order valence-electron chi connectivity index (χ1n) is 5.41. The molecule has 1 heterocycles. The van der Waals surface area contributed by atoms with E-state index in [-0.39, 0.29) is 10.9 Å². The van der Waals surface area contributed by atoms with Gasteiger partial charge in [0.05, 0.1) is 10.9 Å². The highest BCUT2D eigenvalue weighted by Gasteiger charge is 2.21. The summed E-state index contributed by atoms with van der Waals surface area (Å²) in [7, 11) is -3.56. The molecule has 0 bridgehead atoms. The second-order valence-electron chi connectivity index (χ2n) is 3.93. The Bertz CT molecular complexity index is 669. The lowest BCUT2D eigenvalue weighted by Crippen LogP contribution is -2.26. The topological polar surface area (TPSA) is 46.2 Å². The van der Waals surface area contributed by atoms with Crippen LogP contribution in [0.1, 0.15) is 17.8 Å². The molecule has 3 nitrogen and oxygen atoms in total. The number of benzene rings is 1. The summed E-state index contributed by atoms with van der Waals surface area (Å²) >= 11 is 8.08. The van der Waals surface area contributed by atoms with Gasteiger partial charge >= 0.3 is 0 Å². The van der Waals surface area contributed by atoms with E-state index in [1.165, 1.54) is 11.3 Å². The van der Waals surface area contributed by atoms with Crippen LogP contribution in [0.5, 0.6) is 0 Å². The standard InChI is InChI=1S/C12H11Br2NO2S2/c1-8(11-3-2-6-18-11)15-19(16,17)12-7-9(13)4-5-10(12)14/h2-8,15H,1H3. The normalized spacial score (nSPS) is 13.4. The van der Waals surface area contributed by atoms with E-state index in [1.807, 2.05) is 24.4 Å². The number of rotatable bonds is 4. The van der Waals surface area contributed by atoms with Gasteiger partial charge in [-0.1, -0.05) is 22.0 Å². The average Bonchev–Trinajstić information content (AvgIpc) is 2.85. The highest BCUT2D eigenvalue weighted by Crippen LogP contribution is 2.27. The fourth-order valence-electron chi connectivity index (χ4n) is 1.58. The Morgan fingerprint density at radius 1 is 1.26 bits per heavy atom. The fraction of sp³-hybridized carbons (Fsp3) is 0.167. The third kappa shape index (κ3) is 3.66. The van der Waals surface area contributed by atoms with Crippen molar-refractivity contribution in [1.82, 2.24) is 4.72 Å². The smallest absolute Gasteiger partial charge is 0.207 e. The van der Waals surface area contributed by atoms with Crippen LogP contribution in [0.15, 0.2) is 49.6 Å². The molecular weight excluding hydrogens is 414 g/mol. The summed E-state index contributed by atoms with van der Waals surface area (Å²) in [5, 5.41) is 1.93. The molecule has 19 heavy (non-hydrogen) atoms. The van der Waals surface area contributed by atoms with Gasteiger partial charge in [-0.25, -0.2) is 13.1 Å². The Kier molecular flexibility index (Phi) is 4.84. The lowest BCUT2D eigenvalue weighted by molar-refractivity contribution is 0.568. The van der Waals surface area contributed by atoms with Crippen molar-refractivity contribution < 1.29 is 8.42 Å². The minimum absolute atomic E-state index is 0.227. The van der Waals surface area contributed by atoms with Gasteiger partial charge in [0.2, 0.25) is 10.0 Å². The maximum atomic E-state index is 12.4. The Balaban J connectivity index is 2.30. The lowest BCUT2D eigenvalue weighted by atomic mass is 10.3. The molecule has 0 aliphatic carbocycles. The summed E-state index contributed by atoms with van der Waals surface area (Å²) in [6.07, 6.45) is 0. The van der Waals surface area contributed by atoms with Gasteiger partial charge in [0, 0.05) is 13.8 Å². The lowest BCUT2D eigenvalue weighted by Gasteiger charge is -2.14. The van der Waals surface area contributed by atoms with E-state index in [2.05, 4.69) is 36.6 Å². The van der Waals surface area contributed by atoms with Gasteiger partial charge in [0.1, 0.15) is 0 Å². The SMILES string of the molecule is CC(NS(=O)(=O)c1cc(Br)ccc1Br)c1cccs1. The fourth-order valence-corrected chi connectivity index (χ4v) is 5.11. The number of sulfonamides is 1.